The summed E-state index contributed by atoms with van der Waals surface area (Å²) in [5.41, 5.74) is 22.7. The zero-order valence-corrected chi connectivity index (χ0v) is 49.3. The maximum atomic E-state index is 2.47. The normalized spacial score (nSPS) is 11.6. The molecule has 17 aromatic rings. The number of aromatic nitrogens is 2. The second kappa shape index (κ2) is 22.1. The molecule has 90 heavy (non-hydrogen) atoms. The first-order valence-corrected chi connectivity index (χ1v) is 30.9. The summed E-state index contributed by atoms with van der Waals surface area (Å²) in [6.07, 6.45) is 0. The van der Waals surface area contributed by atoms with E-state index in [9.17, 15) is 0 Å². The van der Waals surface area contributed by atoms with Crippen molar-refractivity contribution in [1.29, 1.82) is 0 Å². The van der Waals surface area contributed by atoms with Crippen LogP contribution in [0.1, 0.15) is 0 Å². The standard InChI is InChI=1S/C86H58N4/c1-5-20-59(21-6-1)61-38-42-63(43-39-61)67-46-50-83-77(54-67)79-57-73(48-52-85(79)89(83)69-28-9-3-10-29-69)87(81-36-17-26-65-24-13-15-34-75(65)81)71-32-19-33-72(56-71)88(82-37-18-27-66-25-14-16-35-76(66)82)74-49-53-86-80(58-74)78-55-68(47-51-84(78)90(86)70-30-11-4-12-31-70)64-44-40-62(41-45-64)60-22-7-2-8-23-60/h1-58H. The molecule has 422 valence electrons. The summed E-state index contributed by atoms with van der Waals surface area (Å²) < 4.78 is 4.83. The van der Waals surface area contributed by atoms with Gasteiger partial charge in [0.05, 0.1) is 33.4 Å². The van der Waals surface area contributed by atoms with E-state index in [-0.39, 0.29) is 0 Å². The molecule has 4 nitrogen and oxygen atoms in total. The molecule has 0 aliphatic heterocycles. The Balaban J connectivity index is 0.856. The maximum Gasteiger partial charge on any atom is 0.0542 e. The van der Waals surface area contributed by atoms with Gasteiger partial charge in [-0.05, 0) is 171 Å². The molecule has 4 heteroatoms. The summed E-state index contributed by atoms with van der Waals surface area (Å²) >= 11 is 0. The van der Waals surface area contributed by atoms with Crippen LogP contribution in [0.15, 0.2) is 352 Å². The highest BCUT2D eigenvalue weighted by molar-refractivity contribution is 6.14. The van der Waals surface area contributed by atoms with Gasteiger partial charge in [0.25, 0.3) is 0 Å². The summed E-state index contributed by atoms with van der Waals surface area (Å²) in [4.78, 5) is 4.93. The lowest BCUT2D eigenvalue weighted by molar-refractivity contribution is 1.18. The molecule has 2 aromatic heterocycles. The van der Waals surface area contributed by atoms with Crippen molar-refractivity contribution >= 4 is 99.3 Å². The van der Waals surface area contributed by atoms with Crippen LogP contribution in [0.2, 0.25) is 0 Å². The fourth-order valence-corrected chi connectivity index (χ4v) is 13.8. The SMILES string of the molecule is c1ccc(-c2ccc(-c3ccc4c(c3)c3cc(N(c5cccc(N(c6ccc7c(c6)c6cc(-c8ccc(-c9ccccc9)cc8)ccc6n7-c6ccccc6)c6cccc7ccccc67)c5)c5cccc6ccccc56)ccc3n4-c3ccccc3)cc2)cc1. The van der Waals surface area contributed by atoms with Crippen molar-refractivity contribution < 1.29 is 0 Å². The Labute approximate surface area is 522 Å². The molecule has 0 aliphatic carbocycles. The quantitative estimate of drug-likeness (QED) is 0.121. The van der Waals surface area contributed by atoms with Crippen molar-refractivity contribution in [1.82, 2.24) is 9.13 Å². The molecule has 0 atom stereocenters. The first-order chi connectivity index (χ1) is 44.6. The fraction of sp³-hybridized carbons (Fsp3) is 0. The Bertz CT molecular complexity index is 5160. The Morgan fingerprint density at radius 2 is 0.467 bits per heavy atom. The number of nitrogens with zero attached hydrogens (tertiary/aromatic N) is 4. The van der Waals surface area contributed by atoms with Gasteiger partial charge in [-0.2, -0.15) is 0 Å². The van der Waals surface area contributed by atoms with Gasteiger partial charge in [0.1, 0.15) is 0 Å². The topological polar surface area (TPSA) is 16.3 Å². The number of hydrogen-bond acceptors (Lipinski definition) is 2. The number of benzene rings is 15. The lowest BCUT2D eigenvalue weighted by atomic mass is 9.99. The lowest BCUT2D eigenvalue weighted by Crippen LogP contribution is -2.14. The van der Waals surface area contributed by atoms with Crippen LogP contribution < -0.4 is 9.80 Å². The summed E-state index contributed by atoms with van der Waals surface area (Å²) in [6.45, 7) is 0. The smallest absolute Gasteiger partial charge is 0.0542 e. The highest BCUT2D eigenvalue weighted by atomic mass is 15.2. The van der Waals surface area contributed by atoms with Crippen molar-refractivity contribution in [2.75, 3.05) is 9.80 Å². The van der Waals surface area contributed by atoms with Crippen LogP contribution in [0.25, 0.3) is 121 Å². The van der Waals surface area contributed by atoms with Crippen LogP contribution in [-0.4, -0.2) is 9.13 Å². The number of anilines is 6. The third kappa shape index (κ3) is 9.17. The molecule has 0 fully saturated rings. The van der Waals surface area contributed by atoms with Gasteiger partial charge in [0.2, 0.25) is 0 Å². The average molecular weight is 1150 g/mol. The van der Waals surface area contributed by atoms with E-state index in [2.05, 4.69) is 371 Å². The predicted molar refractivity (Wildman–Crippen MR) is 381 cm³/mol. The molecular formula is C86H58N4. The van der Waals surface area contributed by atoms with Crippen LogP contribution in [-0.2, 0) is 0 Å². The summed E-state index contributed by atoms with van der Waals surface area (Å²) in [7, 11) is 0. The highest BCUT2D eigenvalue weighted by Gasteiger charge is 2.24. The molecule has 0 spiro atoms. The van der Waals surface area contributed by atoms with Crippen molar-refractivity contribution in [2.24, 2.45) is 0 Å². The van der Waals surface area contributed by atoms with E-state index in [0.29, 0.717) is 0 Å². The largest absolute Gasteiger partial charge is 0.310 e. The van der Waals surface area contributed by atoms with Gasteiger partial charge in [0.15, 0.2) is 0 Å². The minimum absolute atomic E-state index is 1.03. The molecule has 15 aromatic carbocycles. The second-order valence-corrected chi connectivity index (χ2v) is 23.3. The van der Waals surface area contributed by atoms with Crippen molar-refractivity contribution in [3.05, 3.63) is 352 Å². The fourth-order valence-electron chi connectivity index (χ4n) is 13.8. The van der Waals surface area contributed by atoms with Crippen molar-refractivity contribution in [3.8, 4) is 55.9 Å². The van der Waals surface area contributed by atoms with Gasteiger partial charge in [-0.15, -0.1) is 0 Å². The van der Waals surface area contributed by atoms with Crippen molar-refractivity contribution in [3.63, 3.8) is 0 Å². The van der Waals surface area contributed by atoms with Crippen molar-refractivity contribution in [2.45, 2.75) is 0 Å². The molecule has 0 aliphatic rings. The Hall–Kier alpha value is -12.0. The average Bonchev–Trinajstić information content (AvgIpc) is 1.61. The summed E-state index contributed by atoms with van der Waals surface area (Å²) in [5, 5.41) is 9.39. The zero-order chi connectivity index (χ0) is 59.5. The van der Waals surface area contributed by atoms with Crippen LogP contribution in [0, 0.1) is 0 Å². The monoisotopic (exact) mass is 1150 g/mol. The van der Waals surface area contributed by atoms with E-state index in [1.54, 1.807) is 0 Å². The van der Waals surface area contributed by atoms with E-state index in [0.717, 1.165) is 78.3 Å². The maximum absolute atomic E-state index is 2.47. The molecule has 2 heterocycles. The Kier molecular flexibility index (Phi) is 12.8. The van der Waals surface area contributed by atoms with Crippen LogP contribution >= 0.6 is 0 Å². The molecule has 17 rings (SSSR count). The van der Waals surface area contributed by atoms with E-state index in [1.807, 2.05) is 0 Å². The first-order valence-electron chi connectivity index (χ1n) is 30.9. The summed E-state index contributed by atoms with van der Waals surface area (Å²) in [5.74, 6) is 0. The number of rotatable bonds is 12. The highest BCUT2D eigenvalue weighted by Crippen LogP contribution is 2.48. The zero-order valence-electron chi connectivity index (χ0n) is 49.3. The number of hydrogen-bond donors (Lipinski definition) is 0. The van der Waals surface area contributed by atoms with E-state index < -0.39 is 0 Å². The van der Waals surface area contributed by atoms with Gasteiger partial charge in [-0.3, -0.25) is 0 Å². The van der Waals surface area contributed by atoms with Gasteiger partial charge < -0.3 is 18.9 Å². The van der Waals surface area contributed by atoms with E-state index in [4.69, 9.17) is 0 Å². The molecule has 0 bridgehead atoms. The lowest BCUT2D eigenvalue weighted by Gasteiger charge is -2.30. The molecule has 0 saturated heterocycles. The van der Waals surface area contributed by atoms with Crippen LogP contribution in [0.3, 0.4) is 0 Å². The van der Waals surface area contributed by atoms with E-state index >= 15 is 0 Å². The third-order valence-electron chi connectivity index (χ3n) is 18.1. The third-order valence-corrected chi connectivity index (χ3v) is 18.1. The van der Waals surface area contributed by atoms with Crippen LogP contribution in [0.5, 0.6) is 0 Å². The predicted octanol–water partition coefficient (Wildman–Crippen LogP) is 23.8. The van der Waals surface area contributed by atoms with Crippen LogP contribution in [0.4, 0.5) is 34.1 Å². The molecule has 0 N–H and O–H groups in total. The Morgan fingerprint density at radius 1 is 0.178 bits per heavy atom. The molecule has 0 amide bonds. The van der Waals surface area contributed by atoms with Gasteiger partial charge in [0, 0.05) is 66.4 Å². The molecular weight excluding hydrogens is 1090 g/mol. The minimum atomic E-state index is 1.03. The molecule has 0 radical (unpaired) electrons. The van der Waals surface area contributed by atoms with Gasteiger partial charge in [-0.1, -0.05) is 237 Å². The number of para-hydroxylation sites is 2. The molecule has 0 saturated carbocycles. The van der Waals surface area contributed by atoms with Gasteiger partial charge in [-0.25, -0.2) is 0 Å². The number of fused-ring (bicyclic) bond motifs is 8. The van der Waals surface area contributed by atoms with Gasteiger partial charge >= 0.3 is 0 Å². The van der Waals surface area contributed by atoms with E-state index in [1.165, 1.54) is 76.8 Å². The molecule has 0 unspecified atom stereocenters. The first kappa shape index (κ1) is 52.4. The Morgan fingerprint density at radius 3 is 0.878 bits per heavy atom. The second-order valence-electron chi connectivity index (χ2n) is 23.3. The summed E-state index contributed by atoms with van der Waals surface area (Å²) in [6, 6.07) is 129. The minimum Gasteiger partial charge on any atom is -0.310 e.